The second-order valence-corrected chi connectivity index (χ2v) is 18.3. The second kappa shape index (κ2) is 14.4. The largest absolute Gasteiger partial charge is 0.480 e. The molecule has 2 aromatic rings. The van der Waals surface area contributed by atoms with Gasteiger partial charge < -0.3 is 15.6 Å². The first kappa shape index (κ1) is 37.4. The minimum atomic E-state index is -4.02. The fourth-order valence-electron chi connectivity index (χ4n) is 7.32. The van der Waals surface area contributed by atoms with Crippen LogP contribution in [-0.2, 0) is 29.7 Å². The predicted octanol–water partition coefficient (Wildman–Crippen LogP) is 4.15. The zero-order valence-electron chi connectivity index (χ0n) is 29.0. The quantitative estimate of drug-likeness (QED) is 0.173. The molecule has 3 aliphatic rings. The van der Waals surface area contributed by atoms with E-state index < -0.39 is 44.1 Å². The lowest BCUT2D eigenvalue weighted by atomic mass is 9.83. The zero-order valence-corrected chi connectivity index (χ0v) is 30.7. The zero-order chi connectivity index (χ0) is 36.7. The molecule has 2 aromatic carbocycles. The molecule has 2 aliphatic heterocycles. The first-order chi connectivity index (χ1) is 23.4. The van der Waals surface area contributed by atoms with Crippen LogP contribution in [0.5, 0.6) is 0 Å². The van der Waals surface area contributed by atoms with Crippen molar-refractivity contribution in [3.8, 4) is 0 Å². The van der Waals surface area contributed by atoms with Gasteiger partial charge in [0, 0.05) is 48.4 Å². The Morgan fingerprint density at radius 2 is 1.18 bits per heavy atom. The summed E-state index contributed by atoms with van der Waals surface area (Å²) in [7, 11) is -8.04. The number of aliphatic carboxylic acids is 1. The molecule has 2 saturated heterocycles. The fourth-order valence-corrected chi connectivity index (χ4v) is 10.7. The highest BCUT2D eigenvalue weighted by atomic mass is 32.2. The molecule has 1 aliphatic carbocycles. The average Bonchev–Trinajstić information content (AvgIpc) is 3.03. The number of carboxylic acid groups (broad SMARTS) is 1. The number of nitrogens with zero attached hydrogens (tertiary/aromatic N) is 4. The van der Waals surface area contributed by atoms with Crippen LogP contribution in [0.3, 0.4) is 0 Å². The summed E-state index contributed by atoms with van der Waals surface area (Å²) < 4.78 is 58.7. The first-order valence-corrected chi connectivity index (χ1v) is 19.6. The van der Waals surface area contributed by atoms with Crippen molar-refractivity contribution < 1.29 is 41.6 Å². The van der Waals surface area contributed by atoms with Crippen molar-refractivity contribution in [1.82, 2.24) is 13.9 Å². The standard InChI is InChI=1S/C34H45N5O9S2/c1-19(2)30(33(40)41)35-34(42)48-37-32-28-13-24(49(44,45)38-15-20(3)11-21(4)16-38)7-9-26(28)31(36-43)27-10-8-25(14-29(27)32)50(46,47)39-17-22(5)12-23(6)18-39/h7-10,13-14,19-23,30,43H,11-12,15-18H2,1-6H3,(H,35,42)(H,40,41)/t20-,21+,22-,23+,30-/m0/s1. The molecule has 0 spiro atoms. The third kappa shape index (κ3) is 7.43. The van der Waals surface area contributed by atoms with Crippen molar-refractivity contribution in [3.63, 3.8) is 0 Å². The topological polar surface area (TPSA) is 195 Å². The van der Waals surface area contributed by atoms with E-state index in [0.717, 1.165) is 12.8 Å². The fraction of sp³-hybridized carbons (Fsp3) is 0.529. The summed E-state index contributed by atoms with van der Waals surface area (Å²) in [6.07, 6.45) is 0.586. The van der Waals surface area contributed by atoms with Crippen LogP contribution in [0.25, 0.3) is 0 Å². The van der Waals surface area contributed by atoms with E-state index in [1.54, 1.807) is 13.8 Å². The molecule has 0 aromatic heterocycles. The van der Waals surface area contributed by atoms with Gasteiger partial charge in [-0.1, -0.05) is 64.0 Å². The van der Waals surface area contributed by atoms with Crippen LogP contribution in [0, 0.1) is 29.6 Å². The number of carbonyl (C=O) groups is 2. The lowest BCUT2D eigenvalue weighted by Gasteiger charge is -2.34. The van der Waals surface area contributed by atoms with Crippen LogP contribution in [0.15, 0.2) is 56.5 Å². The predicted molar refractivity (Wildman–Crippen MR) is 185 cm³/mol. The van der Waals surface area contributed by atoms with Crippen LogP contribution < -0.4 is 5.32 Å². The van der Waals surface area contributed by atoms with Crippen LogP contribution >= 0.6 is 0 Å². The third-order valence-corrected chi connectivity index (χ3v) is 13.1. The summed E-state index contributed by atoms with van der Waals surface area (Å²) in [5.74, 6) is -1.21. The van der Waals surface area contributed by atoms with Gasteiger partial charge in [0.1, 0.15) is 17.5 Å². The summed E-state index contributed by atoms with van der Waals surface area (Å²) in [5, 5.41) is 29.6. The summed E-state index contributed by atoms with van der Waals surface area (Å²) >= 11 is 0. The molecule has 1 amide bonds. The maximum Gasteiger partial charge on any atom is 0.434 e. The Labute approximate surface area is 293 Å². The molecule has 272 valence electrons. The van der Waals surface area contributed by atoms with Crippen molar-refractivity contribution >= 4 is 43.5 Å². The third-order valence-electron chi connectivity index (χ3n) is 9.47. The number of carboxylic acids is 1. The van der Waals surface area contributed by atoms with Gasteiger partial charge in [0.05, 0.1) is 9.79 Å². The van der Waals surface area contributed by atoms with Gasteiger partial charge >= 0.3 is 12.1 Å². The molecular formula is C34H45N5O9S2. The molecule has 16 heteroatoms. The summed E-state index contributed by atoms with van der Waals surface area (Å²) in [4.78, 5) is 29.6. The van der Waals surface area contributed by atoms with Gasteiger partial charge in [0.15, 0.2) is 0 Å². The van der Waals surface area contributed by atoms with E-state index in [4.69, 9.17) is 4.84 Å². The number of amides is 1. The van der Waals surface area contributed by atoms with Crippen molar-refractivity contribution in [2.24, 2.45) is 39.9 Å². The minimum absolute atomic E-state index is 0.0254. The Bertz CT molecular complexity index is 1810. The van der Waals surface area contributed by atoms with E-state index in [-0.39, 0.29) is 67.1 Å². The summed E-state index contributed by atoms with van der Waals surface area (Å²) in [5.41, 5.74) is 0.627. The number of rotatable bonds is 8. The number of oxime groups is 2. The van der Waals surface area contributed by atoms with E-state index >= 15 is 0 Å². The normalized spacial score (nSPS) is 23.8. The maximum absolute atomic E-state index is 14.0. The van der Waals surface area contributed by atoms with E-state index in [2.05, 4.69) is 15.6 Å². The van der Waals surface area contributed by atoms with E-state index in [0.29, 0.717) is 26.2 Å². The number of fused-ring (bicyclic) bond motifs is 2. The molecule has 0 bridgehead atoms. The van der Waals surface area contributed by atoms with Crippen molar-refractivity contribution in [1.29, 1.82) is 0 Å². The monoisotopic (exact) mass is 731 g/mol. The number of piperidine rings is 2. The Hall–Kier alpha value is -3.86. The Morgan fingerprint density at radius 3 is 1.54 bits per heavy atom. The van der Waals surface area contributed by atoms with Gasteiger partial charge in [-0.2, -0.15) is 8.61 Å². The van der Waals surface area contributed by atoms with Gasteiger partial charge in [-0.25, -0.2) is 26.4 Å². The lowest BCUT2D eigenvalue weighted by Crippen LogP contribution is -2.44. The number of sulfonamides is 2. The van der Waals surface area contributed by atoms with E-state index in [1.807, 2.05) is 27.7 Å². The van der Waals surface area contributed by atoms with Crippen molar-refractivity contribution in [2.45, 2.75) is 70.2 Å². The van der Waals surface area contributed by atoms with Gasteiger partial charge in [-0.15, -0.1) is 0 Å². The molecule has 5 rings (SSSR count). The SMILES string of the molecule is CC(C)[C@H](NC(=O)ON=C1c2cc(S(=O)(=O)N3C[C@H](C)C[C@H](C)C3)ccc2C(=NO)c2ccc(S(=O)(=O)N3C[C@H](C)C[C@H](C)C3)cc21)C(=O)O. The van der Waals surface area contributed by atoms with Crippen molar-refractivity contribution in [3.05, 3.63) is 58.7 Å². The first-order valence-electron chi connectivity index (χ1n) is 16.7. The molecule has 0 unspecified atom stereocenters. The molecular weight excluding hydrogens is 687 g/mol. The van der Waals surface area contributed by atoms with E-state index in [1.165, 1.54) is 45.0 Å². The summed E-state index contributed by atoms with van der Waals surface area (Å²) in [6.45, 7) is 12.5. The van der Waals surface area contributed by atoms with Gasteiger partial charge in [-0.05, 0) is 66.7 Å². The van der Waals surface area contributed by atoms with Crippen LogP contribution in [0.1, 0.15) is 76.6 Å². The second-order valence-electron chi connectivity index (χ2n) is 14.4. The maximum atomic E-state index is 14.0. The Morgan fingerprint density at radius 1 is 0.760 bits per heavy atom. The Kier molecular flexibility index (Phi) is 10.8. The van der Waals surface area contributed by atoms with E-state index in [9.17, 15) is 36.7 Å². The van der Waals surface area contributed by atoms with Gasteiger partial charge in [0.2, 0.25) is 20.0 Å². The van der Waals surface area contributed by atoms with Crippen LogP contribution in [0.2, 0.25) is 0 Å². The number of hydrogen-bond acceptors (Lipinski definition) is 10. The number of nitrogens with one attached hydrogen (secondary N) is 1. The molecule has 0 radical (unpaired) electrons. The molecule has 2 fully saturated rings. The number of benzene rings is 2. The lowest BCUT2D eigenvalue weighted by molar-refractivity contribution is -0.140. The van der Waals surface area contributed by atoms with Gasteiger partial charge in [0.25, 0.3) is 0 Å². The highest BCUT2D eigenvalue weighted by Crippen LogP contribution is 2.35. The molecule has 2 heterocycles. The highest BCUT2D eigenvalue weighted by molar-refractivity contribution is 7.89. The van der Waals surface area contributed by atoms with Crippen LogP contribution in [-0.4, -0.2) is 91.5 Å². The van der Waals surface area contributed by atoms with Gasteiger partial charge in [-0.3, -0.25) is 4.84 Å². The molecule has 0 saturated carbocycles. The molecule has 50 heavy (non-hydrogen) atoms. The molecule has 14 nitrogen and oxygen atoms in total. The average molecular weight is 732 g/mol. The molecule has 5 atom stereocenters. The summed E-state index contributed by atoms with van der Waals surface area (Å²) in [6, 6.07) is 7.12. The molecule has 3 N–H and O–H groups in total. The highest BCUT2D eigenvalue weighted by Gasteiger charge is 2.37. The van der Waals surface area contributed by atoms with Crippen molar-refractivity contribution in [2.75, 3.05) is 26.2 Å². The number of hydrogen-bond donors (Lipinski definition) is 3. The Balaban J connectivity index is 1.65. The van der Waals surface area contributed by atoms with Crippen LogP contribution in [0.4, 0.5) is 4.79 Å². The smallest absolute Gasteiger partial charge is 0.434 e. The minimum Gasteiger partial charge on any atom is -0.480 e. The number of carbonyl (C=O) groups excluding carboxylic acids is 1.